The van der Waals surface area contributed by atoms with Gasteiger partial charge in [0.25, 0.3) is 0 Å². The van der Waals surface area contributed by atoms with Crippen molar-refractivity contribution in [1.82, 2.24) is 10.2 Å². The molecule has 1 unspecified atom stereocenters. The molecule has 3 rings (SSSR count). The number of carbonyl (C=O) groups is 1. The first kappa shape index (κ1) is 15.5. The largest absolute Gasteiger partial charge is 0.342 e. The van der Waals surface area contributed by atoms with Crippen molar-refractivity contribution in [3.05, 3.63) is 35.6 Å². The Hall–Kier alpha value is -1.42. The number of nitrogens with one attached hydrogen (secondary N) is 1. The Labute approximate surface area is 131 Å². The van der Waals surface area contributed by atoms with Crippen molar-refractivity contribution < 1.29 is 9.18 Å². The maximum Gasteiger partial charge on any atom is 0.225 e. The maximum atomic E-state index is 12.9. The minimum atomic E-state index is -0.188. The van der Waals surface area contributed by atoms with Gasteiger partial charge in [0.05, 0.1) is 0 Å². The van der Waals surface area contributed by atoms with Crippen molar-refractivity contribution in [2.75, 3.05) is 19.6 Å². The summed E-state index contributed by atoms with van der Waals surface area (Å²) < 4.78 is 12.9. The molecular formula is C18H25FN2O. The molecule has 1 aromatic carbocycles. The quantitative estimate of drug-likeness (QED) is 0.931. The molecule has 1 N–H and O–H groups in total. The van der Waals surface area contributed by atoms with Crippen LogP contribution >= 0.6 is 0 Å². The summed E-state index contributed by atoms with van der Waals surface area (Å²) >= 11 is 0. The number of benzene rings is 1. The minimum Gasteiger partial charge on any atom is -0.342 e. The average Bonchev–Trinajstić information content (AvgIpc) is 2.97. The van der Waals surface area contributed by atoms with Gasteiger partial charge in [0.15, 0.2) is 0 Å². The van der Waals surface area contributed by atoms with Crippen molar-refractivity contribution in [2.45, 2.75) is 38.6 Å². The van der Waals surface area contributed by atoms with Gasteiger partial charge in [-0.15, -0.1) is 0 Å². The number of amides is 1. The van der Waals surface area contributed by atoms with Gasteiger partial charge >= 0.3 is 0 Å². The summed E-state index contributed by atoms with van der Waals surface area (Å²) in [6.07, 6.45) is 3.91. The molecule has 0 spiro atoms. The number of likely N-dealkylation sites (tertiary alicyclic amines) is 1. The number of hydrogen-bond donors (Lipinski definition) is 1. The Balaban J connectivity index is 1.53. The fourth-order valence-electron chi connectivity index (χ4n) is 3.77. The van der Waals surface area contributed by atoms with Crippen LogP contribution in [0.1, 0.15) is 31.7 Å². The second-order valence-electron chi connectivity index (χ2n) is 6.85. The van der Waals surface area contributed by atoms with Crippen molar-refractivity contribution in [3.63, 3.8) is 0 Å². The van der Waals surface area contributed by atoms with E-state index in [9.17, 15) is 9.18 Å². The monoisotopic (exact) mass is 304 g/mol. The lowest BCUT2D eigenvalue weighted by atomic mass is 9.92. The van der Waals surface area contributed by atoms with Gasteiger partial charge in [0, 0.05) is 25.0 Å². The smallest absolute Gasteiger partial charge is 0.225 e. The van der Waals surface area contributed by atoms with Crippen LogP contribution in [-0.4, -0.2) is 36.5 Å². The van der Waals surface area contributed by atoms with Gasteiger partial charge in [-0.2, -0.15) is 0 Å². The van der Waals surface area contributed by atoms with E-state index in [-0.39, 0.29) is 11.7 Å². The van der Waals surface area contributed by atoms with Gasteiger partial charge in [-0.25, -0.2) is 4.39 Å². The van der Waals surface area contributed by atoms with Crippen LogP contribution in [0.15, 0.2) is 24.3 Å². The highest BCUT2D eigenvalue weighted by Crippen LogP contribution is 2.25. The molecule has 0 aromatic heterocycles. The molecule has 2 heterocycles. The van der Waals surface area contributed by atoms with Crippen LogP contribution in [0.25, 0.3) is 0 Å². The molecular weight excluding hydrogens is 279 g/mol. The molecule has 3 atom stereocenters. The van der Waals surface area contributed by atoms with Crippen LogP contribution in [0.2, 0.25) is 0 Å². The second kappa shape index (κ2) is 6.78. The molecule has 3 nitrogen and oxygen atoms in total. The lowest BCUT2D eigenvalue weighted by Gasteiger charge is -2.30. The first-order valence-corrected chi connectivity index (χ1v) is 8.38. The van der Waals surface area contributed by atoms with Crippen LogP contribution in [0.5, 0.6) is 0 Å². The zero-order valence-electron chi connectivity index (χ0n) is 13.2. The van der Waals surface area contributed by atoms with Gasteiger partial charge in [-0.1, -0.05) is 12.1 Å². The van der Waals surface area contributed by atoms with E-state index in [1.165, 1.54) is 12.1 Å². The molecule has 2 fully saturated rings. The van der Waals surface area contributed by atoms with Crippen molar-refractivity contribution in [2.24, 2.45) is 11.8 Å². The summed E-state index contributed by atoms with van der Waals surface area (Å²) in [4.78, 5) is 14.7. The summed E-state index contributed by atoms with van der Waals surface area (Å²) in [6.45, 7) is 4.84. The molecule has 2 saturated heterocycles. The SMILES string of the molecule is C[C@H]1C[C@@H](C(=O)N2CCC(Cc3ccc(F)cc3)C2)CCN1. The predicted molar refractivity (Wildman–Crippen MR) is 85.0 cm³/mol. The number of halogens is 1. The molecule has 0 saturated carbocycles. The van der Waals surface area contributed by atoms with Gasteiger partial charge in [-0.05, 0) is 62.8 Å². The van der Waals surface area contributed by atoms with Crippen molar-refractivity contribution in [1.29, 1.82) is 0 Å². The van der Waals surface area contributed by atoms with Crippen LogP contribution < -0.4 is 5.32 Å². The second-order valence-corrected chi connectivity index (χ2v) is 6.85. The highest BCUT2D eigenvalue weighted by atomic mass is 19.1. The number of nitrogens with zero attached hydrogens (tertiary/aromatic N) is 1. The molecule has 2 aliphatic rings. The molecule has 22 heavy (non-hydrogen) atoms. The van der Waals surface area contributed by atoms with Gasteiger partial charge in [-0.3, -0.25) is 4.79 Å². The molecule has 0 aliphatic carbocycles. The summed E-state index contributed by atoms with van der Waals surface area (Å²) in [5.74, 6) is 0.858. The van der Waals surface area contributed by atoms with E-state index in [4.69, 9.17) is 0 Å². The molecule has 4 heteroatoms. The third-order valence-electron chi connectivity index (χ3n) is 5.01. The van der Waals surface area contributed by atoms with Crippen molar-refractivity contribution in [3.8, 4) is 0 Å². The van der Waals surface area contributed by atoms with Crippen LogP contribution in [-0.2, 0) is 11.2 Å². The lowest BCUT2D eigenvalue weighted by molar-refractivity contribution is -0.135. The molecule has 0 radical (unpaired) electrons. The Morgan fingerprint density at radius 3 is 2.82 bits per heavy atom. The third-order valence-corrected chi connectivity index (χ3v) is 5.01. The van der Waals surface area contributed by atoms with Crippen LogP contribution in [0.4, 0.5) is 4.39 Å². The zero-order chi connectivity index (χ0) is 15.5. The molecule has 1 aromatic rings. The first-order valence-electron chi connectivity index (χ1n) is 8.38. The van der Waals surface area contributed by atoms with Gasteiger partial charge in [0.2, 0.25) is 5.91 Å². The minimum absolute atomic E-state index is 0.188. The third kappa shape index (κ3) is 3.67. The maximum absolute atomic E-state index is 12.9. The molecule has 120 valence electrons. The van der Waals surface area contributed by atoms with E-state index in [0.717, 1.165) is 50.9 Å². The average molecular weight is 304 g/mol. The topological polar surface area (TPSA) is 32.3 Å². The van der Waals surface area contributed by atoms with Crippen molar-refractivity contribution >= 4 is 5.91 Å². The molecule has 2 aliphatic heterocycles. The van der Waals surface area contributed by atoms with Crippen LogP contribution in [0, 0.1) is 17.7 Å². The van der Waals surface area contributed by atoms with Gasteiger partial charge in [0.1, 0.15) is 5.82 Å². The fraction of sp³-hybridized carbons (Fsp3) is 0.611. The van der Waals surface area contributed by atoms with E-state index >= 15 is 0 Å². The highest BCUT2D eigenvalue weighted by molar-refractivity contribution is 5.79. The Bertz CT molecular complexity index is 516. The summed E-state index contributed by atoms with van der Waals surface area (Å²) in [5, 5.41) is 3.40. The number of hydrogen-bond acceptors (Lipinski definition) is 2. The van der Waals surface area contributed by atoms with E-state index in [2.05, 4.69) is 17.1 Å². The summed E-state index contributed by atoms with van der Waals surface area (Å²) in [5.41, 5.74) is 1.16. The van der Waals surface area contributed by atoms with E-state index in [1.54, 1.807) is 0 Å². The first-order chi connectivity index (χ1) is 10.6. The fourth-order valence-corrected chi connectivity index (χ4v) is 3.77. The van der Waals surface area contributed by atoms with E-state index in [0.29, 0.717) is 17.9 Å². The van der Waals surface area contributed by atoms with Crippen LogP contribution in [0.3, 0.4) is 0 Å². The number of piperidine rings is 1. The Kier molecular flexibility index (Phi) is 4.77. The highest BCUT2D eigenvalue weighted by Gasteiger charge is 2.32. The lowest BCUT2D eigenvalue weighted by Crippen LogP contribution is -2.43. The molecule has 0 bridgehead atoms. The normalized spacial score (nSPS) is 28.8. The Morgan fingerprint density at radius 2 is 2.09 bits per heavy atom. The van der Waals surface area contributed by atoms with E-state index < -0.39 is 0 Å². The Morgan fingerprint density at radius 1 is 1.32 bits per heavy atom. The standard InChI is InChI=1S/C18H25FN2O/c1-13-10-16(6-8-20-13)18(22)21-9-7-15(12-21)11-14-2-4-17(19)5-3-14/h2-5,13,15-16,20H,6-12H2,1H3/t13-,15?,16-/m0/s1. The zero-order valence-corrected chi connectivity index (χ0v) is 13.2. The summed E-state index contributed by atoms with van der Waals surface area (Å²) in [7, 11) is 0. The molecule has 1 amide bonds. The van der Waals surface area contributed by atoms with E-state index in [1.807, 2.05) is 12.1 Å². The number of carbonyl (C=O) groups excluding carboxylic acids is 1. The number of rotatable bonds is 3. The summed E-state index contributed by atoms with van der Waals surface area (Å²) in [6, 6.07) is 7.19. The van der Waals surface area contributed by atoms with Gasteiger partial charge < -0.3 is 10.2 Å². The predicted octanol–water partition coefficient (Wildman–Crippen LogP) is 2.60.